The number of nitrogens with one attached hydrogen (secondary N) is 1. The number of hydrogen-bond acceptors (Lipinski definition) is 3. The van der Waals surface area contributed by atoms with Crippen molar-refractivity contribution in [1.29, 1.82) is 0 Å². The van der Waals surface area contributed by atoms with Crippen molar-refractivity contribution < 1.29 is 9.59 Å². The third kappa shape index (κ3) is 3.73. The van der Waals surface area contributed by atoms with Gasteiger partial charge in [0.25, 0.3) is 0 Å². The fourth-order valence-corrected chi connectivity index (χ4v) is 6.49. The Morgan fingerprint density at radius 1 is 1.15 bits per heavy atom. The molecule has 1 N–H and O–H groups in total. The number of fused-ring (bicyclic) bond motifs is 1. The lowest BCUT2D eigenvalue weighted by Crippen LogP contribution is -2.67. The Hall–Kier alpha value is -1.20. The van der Waals surface area contributed by atoms with Crippen LogP contribution in [0.15, 0.2) is 24.3 Å². The van der Waals surface area contributed by atoms with E-state index >= 15 is 0 Å². The van der Waals surface area contributed by atoms with Crippen LogP contribution in [0.3, 0.4) is 0 Å². The fourth-order valence-electron chi connectivity index (χ4n) is 4.90. The molecule has 27 heavy (non-hydrogen) atoms. The first-order valence-electron chi connectivity index (χ1n) is 10.1. The maximum Gasteiger partial charge on any atom is 0.247 e. The van der Waals surface area contributed by atoms with Gasteiger partial charge in [0, 0.05) is 22.9 Å². The van der Waals surface area contributed by atoms with Crippen LogP contribution in [-0.4, -0.2) is 39.3 Å². The van der Waals surface area contributed by atoms with Crippen molar-refractivity contribution in [3.05, 3.63) is 34.9 Å². The number of amides is 2. The average Bonchev–Trinajstić information content (AvgIpc) is 3.12. The summed E-state index contributed by atoms with van der Waals surface area (Å²) in [5.41, 5.74) is 0.326. The molecule has 1 aromatic carbocycles. The van der Waals surface area contributed by atoms with Crippen molar-refractivity contribution in [3.63, 3.8) is 0 Å². The number of benzene rings is 1. The molecule has 1 aromatic rings. The zero-order valence-corrected chi connectivity index (χ0v) is 17.2. The number of rotatable bonds is 4. The summed E-state index contributed by atoms with van der Waals surface area (Å²) in [5, 5.41) is 4.21. The molecule has 3 fully saturated rings. The van der Waals surface area contributed by atoms with Gasteiger partial charge in [-0.2, -0.15) is 0 Å². The third-order valence-electron chi connectivity index (χ3n) is 6.34. The minimum absolute atomic E-state index is 0.0754. The predicted molar refractivity (Wildman–Crippen MR) is 110 cm³/mol. The number of nitrogens with zero attached hydrogens (tertiary/aromatic N) is 1. The second-order valence-electron chi connectivity index (χ2n) is 8.03. The zero-order valence-electron chi connectivity index (χ0n) is 15.6. The molecular formula is C21H27ClN2O2S. The van der Waals surface area contributed by atoms with E-state index in [1.807, 2.05) is 29.2 Å². The fraction of sp³-hybridized carbons (Fsp3) is 0.619. The third-order valence-corrected chi connectivity index (χ3v) is 8.03. The van der Waals surface area contributed by atoms with Gasteiger partial charge < -0.3 is 10.2 Å². The quantitative estimate of drug-likeness (QED) is 0.816. The molecule has 3 aliphatic rings. The Labute approximate surface area is 170 Å². The molecule has 2 saturated carbocycles. The smallest absolute Gasteiger partial charge is 0.247 e. The molecule has 0 bridgehead atoms. The van der Waals surface area contributed by atoms with Gasteiger partial charge in [-0.3, -0.25) is 9.59 Å². The van der Waals surface area contributed by atoms with Gasteiger partial charge in [-0.25, -0.2) is 0 Å². The SMILES string of the molecule is O=C1CSC2CCCC2(C(=O)NC2CCCCC2)N1Cc1ccc(Cl)cc1. The highest BCUT2D eigenvalue weighted by molar-refractivity contribution is 8.00. The number of hydrogen-bond donors (Lipinski definition) is 1. The number of carbonyl (C=O) groups excluding carboxylic acids is 2. The summed E-state index contributed by atoms with van der Waals surface area (Å²) in [4.78, 5) is 28.3. The van der Waals surface area contributed by atoms with Crippen LogP contribution < -0.4 is 5.32 Å². The van der Waals surface area contributed by atoms with E-state index in [-0.39, 0.29) is 23.1 Å². The first kappa shape index (κ1) is 19.1. The summed E-state index contributed by atoms with van der Waals surface area (Å²) in [7, 11) is 0. The van der Waals surface area contributed by atoms with E-state index in [1.54, 1.807) is 11.8 Å². The Morgan fingerprint density at radius 2 is 1.89 bits per heavy atom. The van der Waals surface area contributed by atoms with Gasteiger partial charge in [-0.15, -0.1) is 11.8 Å². The lowest BCUT2D eigenvalue weighted by molar-refractivity contribution is -0.148. The van der Waals surface area contributed by atoms with E-state index in [0.29, 0.717) is 17.3 Å². The van der Waals surface area contributed by atoms with Gasteiger partial charge in [0.1, 0.15) is 5.54 Å². The summed E-state index contributed by atoms with van der Waals surface area (Å²) in [6, 6.07) is 7.87. The summed E-state index contributed by atoms with van der Waals surface area (Å²) >= 11 is 7.69. The summed E-state index contributed by atoms with van der Waals surface area (Å²) in [6.07, 6.45) is 8.52. The molecule has 2 unspecified atom stereocenters. The molecule has 2 atom stereocenters. The average molecular weight is 407 g/mol. The van der Waals surface area contributed by atoms with Gasteiger partial charge in [0.2, 0.25) is 11.8 Å². The minimum atomic E-state index is -0.697. The highest BCUT2D eigenvalue weighted by Crippen LogP contribution is 2.47. The van der Waals surface area contributed by atoms with Crippen molar-refractivity contribution in [2.75, 3.05) is 5.75 Å². The topological polar surface area (TPSA) is 49.4 Å². The first-order valence-corrected chi connectivity index (χ1v) is 11.5. The van der Waals surface area contributed by atoms with Gasteiger partial charge in [-0.1, -0.05) is 43.0 Å². The van der Waals surface area contributed by atoms with Crippen molar-refractivity contribution in [2.24, 2.45) is 0 Å². The van der Waals surface area contributed by atoms with E-state index < -0.39 is 5.54 Å². The molecule has 4 nitrogen and oxygen atoms in total. The maximum absolute atomic E-state index is 13.5. The normalized spacial score (nSPS) is 28.9. The van der Waals surface area contributed by atoms with Crippen LogP contribution in [0, 0.1) is 0 Å². The lowest BCUT2D eigenvalue weighted by Gasteiger charge is -2.47. The van der Waals surface area contributed by atoms with Crippen LogP contribution in [0.1, 0.15) is 56.9 Å². The van der Waals surface area contributed by atoms with E-state index in [1.165, 1.54) is 19.3 Å². The second kappa shape index (κ2) is 8.04. The molecule has 4 rings (SSSR count). The number of thioether (sulfide) groups is 1. The summed E-state index contributed by atoms with van der Waals surface area (Å²) in [5.74, 6) is 0.620. The molecule has 0 radical (unpaired) electrons. The van der Waals surface area contributed by atoms with Gasteiger partial charge >= 0.3 is 0 Å². The molecule has 2 amide bonds. The Balaban J connectivity index is 1.60. The van der Waals surface area contributed by atoms with E-state index in [9.17, 15) is 9.59 Å². The van der Waals surface area contributed by atoms with E-state index in [4.69, 9.17) is 11.6 Å². The van der Waals surface area contributed by atoms with Crippen LogP contribution in [0.4, 0.5) is 0 Å². The van der Waals surface area contributed by atoms with Crippen LogP contribution in [0.5, 0.6) is 0 Å². The minimum Gasteiger partial charge on any atom is -0.351 e. The largest absolute Gasteiger partial charge is 0.351 e. The number of carbonyl (C=O) groups is 2. The molecule has 1 aliphatic heterocycles. The monoisotopic (exact) mass is 406 g/mol. The van der Waals surface area contributed by atoms with Crippen molar-refractivity contribution in [3.8, 4) is 0 Å². The van der Waals surface area contributed by atoms with E-state index in [0.717, 1.165) is 37.7 Å². The van der Waals surface area contributed by atoms with Crippen LogP contribution in [-0.2, 0) is 16.1 Å². The molecule has 6 heteroatoms. The van der Waals surface area contributed by atoms with Crippen molar-refractivity contribution in [1.82, 2.24) is 10.2 Å². The molecule has 2 aliphatic carbocycles. The molecule has 1 saturated heterocycles. The van der Waals surface area contributed by atoms with E-state index in [2.05, 4.69) is 5.32 Å². The second-order valence-corrected chi connectivity index (χ2v) is 9.66. The standard InChI is InChI=1S/C21H27ClN2O2S/c22-16-10-8-15(9-11-16)13-24-19(25)14-27-18-7-4-12-21(18,24)20(26)23-17-5-2-1-3-6-17/h8-11,17-18H,1-7,12-14H2,(H,23,26). The molecule has 146 valence electrons. The Morgan fingerprint density at radius 3 is 2.63 bits per heavy atom. The molecule has 0 aromatic heterocycles. The van der Waals surface area contributed by atoms with Gasteiger partial charge in [0.05, 0.1) is 5.75 Å². The lowest BCUT2D eigenvalue weighted by atomic mass is 9.89. The number of halogens is 1. The first-order chi connectivity index (χ1) is 13.1. The predicted octanol–water partition coefficient (Wildman–Crippen LogP) is 4.16. The molecule has 1 heterocycles. The van der Waals surface area contributed by atoms with Crippen LogP contribution >= 0.6 is 23.4 Å². The van der Waals surface area contributed by atoms with Crippen molar-refractivity contribution >= 4 is 35.2 Å². The summed E-state index contributed by atoms with van der Waals surface area (Å²) in [6.45, 7) is 0.477. The maximum atomic E-state index is 13.5. The Bertz CT molecular complexity index is 705. The molecular weight excluding hydrogens is 380 g/mol. The summed E-state index contributed by atoms with van der Waals surface area (Å²) < 4.78 is 0. The zero-order chi connectivity index (χ0) is 18.9. The van der Waals surface area contributed by atoms with Gasteiger partial charge in [-0.05, 0) is 49.8 Å². The van der Waals surface area contributed by atoms with Crippen LogP contribution in [0.2, 0.25) is 5.02 Å². The van der Waals surface area contributed by atoms with Gasteiger partial charge in [0.15, 0.2) is 0 Å². The highest BCUT2D eigenvalue weighted by Gasteiger charge is 2.57. The molecule has 0 spiro atoms. The van der Waals surface area contributed by atoms with Crippen molar-refractivity contribution in [2.45, 2.75) is 74.7 Å². The van der Waals surface area contributed by atoms with Crippen LogP contribution in [0.25, 0.3) is 0 Å². The highest BCUT2D eigenvalue weighted by atomic mass is 35.5. The Kier molecular flexibility index (Phi) is 5.70.